The maximum atomic E-state index is 12.4. The van der Waals surface area contributed by atoms with Crippen molar-refractivity contribution in [1.29, 1.82) is 5.41 Å². The molecule has 0 saturated carbocycles. The number of nitrogens with one attached hydrogen (secondary N) is 1. The van der Waals surface area contributed by atoms with Crippen LogP contribution in [0.5, 0.6) is 0 Å². The lowest BCUT2D eigenvalue weighted by molar-refractivity contribution is 0.000766. The van der Waals surface area contributed by atoms with E-state index in [1.807, 2.05) is 24.3 Å². The van der Waals surface area contributed by atoms with Crippen molar-refractivity contribution in [2.45, 2.75) is 45.1 Å². The molecule has 0 radical (unpaired) electrons. The molecule has 1 amide bonds. The van der Waals surface area contributed by atoms with Crippen LogP contribution in [0.15, 0.2) is 24.3 Å². The number of hydrogen-bond acceptors (Lipinski definition) is 4. The van der Waals surface area contributed by atoms with Crippen LogP contribution in [-0.4, -0.2) is 48.5 Å². The monoisotopic (exact) mass is 329 g/mol. The SMILES string of the molecule is CCCCN1CCC2(CC1)CN(c1ccc(C(C)=N)cc1)C(=O)O2. The molecule has 24 heavy (non-hydrogen) atoms. The summed E-state index contributed by atoms with van der Waals surface area (Å²) in [7, 11) is 0. The van der Waals surface area contributed by atoms with Crippen LogP contribution in [0.2, 0.25) is 0 Å². The normalized spacial score (nSPS) is 20.4. The van der Waals surface area contributed by atoms with Crippen LogP contribution in [0.1, 0.15) is 45.1 Å². The first kappa shape index (κ1) is 17.0. The molecule has 2 heterocycles. The average molecular weight is 329 g/mol. The lowest BCUT2D eigenvalue weighted by Crippen LogP contribution is -2.47. The topological polar surface area (TPSA) is 56.6 Å². The Morgan fingerprint density at radius 3 is 2.50 bits per heavy atom. The Labute approximate surface area is 144 Å². The number of carbonyl (C=O) groups excluding carboxylic acids is 1. The summed E-state index contributed by atoms with van der Waals surface area (Å²) in [6.45, 7) is 7.78. The van der Waals surface area contributed by atoms with E-state index in [0.29, 0.717) is 12.3 Å². The van der Waals surface area contributed by atoms with Crippen molar-refractivity contribution in [3.63, 3.8) is 0 Å². The fourth-order valence-electron chi connectivity index (χ4n) is 3.54. The number of piperidine rings is 1. The lowest BCUT2D eigenvalue weighted by Gasteiger charge is -2.37. The smallest absolute Gasteiger partial charge is 0.415 e. The van der Waals surface area contributed by atoms with Gasteiger partial charge < -0.3 is 15.0 Å². The molecule has 2 aliphatic heterocycles. The predicted octanol–water partition coefficient (Wildman–Crippen LogP) is 3.67. The molecular formula is C19H27N3O2. The van der Waals surface area contributed by atoms with Gasteiger partial charge in [-0.15, -0.1) is 0 Å². The van der Waals surface area contributed by atoms with Gasteiger partial charge in [0.15, 0.2) is 0 Å². The predicted molar refractivity (Wildman–Crippen MR) is 96.1 cm³/mol. The van der Waals surface area contributed by atoms with E-state index >= 15 is 0 Å². The van der Waals surface area contributed by atoms with Gasteiger partial charge >= 0.3 is 6.09 Å². The summed E-state index contributed by atoms with van der Waals surface area (Å²) in [5.74, 6) is 0. The maximum absolute atomic E-state index is 12.4. The highest BCUT2D eigenvalue weighted by Gasteiger charge is 2.47. The molecule has 0 bridgehead atoms. The number of ether oxygens (including phenoxy) is 1. The van der Waals surface area contributed by atoms with Crippen LogP contribution in [0, 0.1) is 5.41 Å². The summed E-state index contributed by atoms with van der Waals surface area (Å²) >= 11 is 0. The summed E-state index contributed by atoms with van der Waals surface area (Å²) in [4.78, 5) is 16.6. The number of carbonyl (C=O) groups is 1. The van der Waals surface area contributed by atoms with Gasteiger partial charge in [0, 0.05) is 37.3 Å². The Hall–Kier alpha value is -1.88. The third kappa shape index (κ3) is 3.46. The average Bonchev–Trinajstić information content (AvgIpc) is 2.91. The highest BCUT2D eigenvalue weighted by Crippen LogP contribution is 2.35. The van der Waals surface area contributed by atoms with Gasteiger partial charge in [0.1, 0.15) is 5.60 Å². The third-order valence-electron chi connectivity index (χ3n) is 5.18. The van der Waals surface area contributed by atoms with Crippen LogP contribution >= 0.6 is 0 Å². The molecule has 1 spiro atoms. The molecule has 3 rings (SSSR count). The molecule has 1 N–H and O–H groups in total. The van der Waals surface area contributed by atoms with E-state index in [-0.39, 0.29) is 11.7 Å². The lowest BCUT2D eigenvalue weighted by atomic mass is 9.91. The fraction of sp³-hybridized carbons (Fsp3) is 0.579. The van der Waals surface area contributed by atoms with Crippen molar-refractivity contribution in [1.82, 2.24) is 4.90 Å². The first-order chi connectivity index (χ1) is 11.5. The Kier molecular flexibility index (Phi) is 4.90. The summed E-state index contributed by atoms with van der Waals surface area (Å²) in [6, 6.07) is 7.60. The summed E-state index contributed by atoms with van der Waals surface area (Å²) in [5.41, 5.74) is 1.94. The van der Waals surface area contributed by atoms with Crippen LogP contribution in [-0.2, 0) is 4.74 Å². The third-order valence-corrected chi connectivity index (χ3v) is 5.18. The molecule has 1 aromatic rings. The molecule has 2 fully saturated rings. The van der Waals surface area contributed by atoms with Crippen molar-refractivity contribution >= 4 is 17.5 Å². The molecule has 2 aliphatic rings. The van der Waals surface area contributed by atoms with Gasteiger partial charge in [0.2, 0.25) is 0 Å². The van der Waals surface area contributed by atoms with Gasteiger partial charge in [-0.2, -0.15) is 0 Å². The first-order valence-corrected chi connectivity index (χ1v) is 8.91. The highest BCUT2D eigenvalue weighted by atomic mass is 16.6. The zero-order valence-electron chi connectivity index (χ0n) is 14.7. The maximum Gasteiger partial charge on any atom is 0.415 e. The number of rotatable bonds is 5. The number of anilines is 1. The second kappa shape index (κ2) is 6.93. The Balaban J connectivity index is 1.64. The largest absolute Gasteiger partial charge is 0.441 e. The second-order valence-corrected chi connectivity index (χ2v) is 7.00. The molecule has 0 unspecified atom stereocenters. The van der Waals surface area contributed by atoms with Crippen molar-refractivity contribution in [3.05, 3.63) is 29.8 Å². The quantitative estimate of drug-likeness (QED) is 0.839. The van der Waals surface area contributed by atoms with Crippen LogP contribution in [0.3, 0.4) is 0 Å². The van der Waals surface area contributed by atoms with Gasteiger partial charge in [0.25, 0.3) is 0 Å². The zero-order valence-corrected chi connectivity index (χ0v) is 14.7. The standard InChI is InChI=1S/C19H27N3O2/c1-3-4-11-21-12-9-19(10-13-21)14-22(18(23)24-19)17-7-5-16(6-8-17)15(2)20/h5-8,20H,3-4,9-14H2,1-2H3. The minimum atomic E-state index is -0.323. The molecule has 0 aliphatic carbocycles. The number of hydrogen-bond donors (Lipinski definition) is 1. The van der Waals surface area contributed by atoms with E-state index in [1.165, 1.54) is 12.8 Å². The van der Waals surface area contributed by atoms with E-state index in [2.05, 4.69) is 11.8 Å². The molecule has 0 aromatic heterocycles. The first-order valence-electron chi connectivity index (χ1n) is 8.91. The van der Waals surface area contributed by atoms with Crippen molar-refractivity contribution in [2.24, 2.45) is 0 Å². The van der Waals surface area contributed by atoms with E-state index in [4.69, 9.17) is 10.1 Å². The molecule has 5 nitrogen and oxygen atoms in total. The van der Waals surface area contributed by atoms with E-state index < -0.39 is 0 Å². The number of amides is 1. The van der Waals surface area contributed by atoms with Crippen LogP contribution in [0.25, 0.3) is 0 Å². The fourth-order valence-corrected chi connectivity index (χ4v) is 3.54. The van der Waals surface area contributed by atoms with Crippen LogP contribution in [0.4, 0.5) is 10.5 Å². The van der Waals surface area contributed by atoms with E-state index in [9.17, 15) is 4.79 Å². The van der Waals surface area contributed by atoms with Gasteiger partial charge in [-0.3, -0.25) is 4.90 Å². The number of nitrogens with zero attached hydrogens (tertiary/aromatic N) is 2. The van der Waals surface area contributed by atoms with Crippen molar-refractivity contribution < 1.29 is 9.53 Å². The zero-order chi connectivity index (χ0) is 17.2. The molecule has 5 heteroatoms. The number of likely N-dealkylation sites (tertiary alicyclic amines) is 1. The summed E-state index contributed by atoms with van der Waals surface area (Å²) in [6.07, 6.45) is 4.04. The van der Waals surface area contributed by atoms with Crippen LogP contribution < -0.4 is 4.90 Å². The van der Waals surface area contributed by atoms with Gasteiger partial charge in [0.05, 0.1) is 6.54 Å². The highest BCUT2D eigenvalue weighted by molar-refractivity contribution is 5.97. The van der Waals surface area contributed by atoms with Crippen molar-refractivity contribution in [2.75, 3.05) is 31.1 Å². The van der Waals surface area contributed by atoms with E-state index in [1.54, 1.807) is 11.8 Å². The minimum absolute atomic E-state index is 0.240. The Morgan fingerprint density at radius 2 is 1.92 bits per heavy atom. The van der Waals surface area contributed by atoms with Gasteiger partial charge in [-0.25, -0.2) is 4.79 Å². The number of benzene rings is 1. The summed E-state index contributed by atoms with van der Waals surface area (Å²) in [5, 5.41) is 7.67. The molecular weight excluding hydrogens is 302 g/mol. The Bertz CT molecular complexity index is 604. The van der Waals surface area contributed by atoms with Gasteiger partial charge in [-0.05, 0) is 37.6 Å². The molecule has 130 valence electrons. The molecule has 2 saturated heterocycles. The second-order valence-electron chi connectivity index (χ2n) is 7.00. The number of unbranched alkanes of at least 4 members (excludes halogenated alkanes) is 1. The van der Waals surface area contributed by atoms with E-state index in [0.717, 1.165) is 43.7 Å². The summed E-state index contributed by atoms with van der Waals surface area (Å²) < 4.78 is 5.81. The molecule has 1 aromatic carbocycles. The van der Waals surface area contributed by atoms with Crippen molar-refractivity contribution in [3.8, 4) is 0 Å². The van der Waals surface area contributed by atoms with Gasteiger partial charge in [-0.1, -0.05) is 25.5 Å². The molecule has 0 atom stereocenters. The minimum Gasteiger partial charge on any atom is -0.441 e. The Morgan fingerprint density at radius 1 is 1.25 bits per heavy atom.